The summed E-state index contributed by atoms with van der Waals surface area (Å²) < 4.78 is 18.9. The SMILES string of the molecule is O=C(Cc1cccc(F)c1)NC1(c2nc(C3CC3)no2)CCCCC1. The van der Waals surface area contributed by atoms with Crippen molar-refractivity contribution in [3.63, 3.8) is 0 Å². The van der Waals surface area contributed by atoms with Gasteiger partial charge in [0.2, 0.25) is 5.91 Å². The Labute approximate surface area is 146 Å². The van der Waals surface area contributed by atoms with Crippen LogP contribution in [0.15, 0.2) is 28.8 Å². The highest BCUT2D eigenvalue weighted by Gasteiger charge is 2.41. The van der Waals surface area contributed by atoms with E-state index in [1.807, 2.05) is 0 Å². The molecule has 4 rings (SSSR count). The summed E-state index contributed by atoms with van der Waals surface area (Å²) in [7, 11) is 0. The van der Waals surface area contributed by atoms with E-state index in [4.69, 9.17) is 4.52 Å². The molecule has 0 unspecified atom stereocenters. The maximum Gasteiger partial charge on any atom is 0.252 e. The lowest BCUT2D eigenvalue weighted by Gasteiger charge is -2.34. The summed E-state index contributed by atoms with van der Waals surface area (Å²) in [4.78, 5) is 17.2. The van der Waals surface area contributed by atoms with Crippen molar-refractivity contribution < 1.29 is 13.7 Å². The molecule has 2 aliphatic carbocycles. The first-order chi connectivity index (χ1) is 12.1. The van der Waals surface area contributed by atoms with Gasteiger partial charge in [-0.25, -0.2) is 4.39 Å². The molecule has 1 amide bonds. The lowest BCUT2D eigenvalue weighted by Crippen LogP contribution is -2.48. The van der Waals surface area contributed by atoms with E-state index in [1.165, 1.54) is 12.1 Å². The molecule has 1 N–H and O–H groups in total. The third kappa shape index (κ3) is 3.57. The molecule has 0 atom stereocenters. The normalized spacial score (nSPS) is 19.6. The molecular formula is C19H22FN3O2. The van der Waals surface area contributed by atoms with Gasteiger partial charge >= 0.3 is 0 Å². The van der Waals surface area contributed by atoms with Crippen LogP contribution in [0.4, 0.5) is 4.39 Å². The van der Waals surface area contributed by atoms with Gasteiger partial charge in [0.05, 0.1) is 6.42 Å². The predicted molar refractivity (Wildman–Crippen MR) is 89.3 cm³/mol. The van der Waals surface area contributed by atoms with Crippen LogP contribution in [0.3, 0.4) is 0 Å². The smallest absolute Gasteiger partial charge is 0.252 e. The Morgan fingerprint density at radius 2 is 2.08 bits per heavy atom. The van der Waals surface area contributed by atoms with Crippen LogP contribution >= 0.6 is 0 Å². The number of carbonyl (C=O) groups excluding carboxylic acids is 1. The molecule has 5 nitrogen and oxygen atoms in total. The Morgan fingerprint density at radius 1 is 1.28 bits per heavy atom. The average molecular weight is 343 g/mol. The quantitative estimate of drug-likeness (QED) is 0.900. The van der Waals surface area contributed by atoms with E-state index in [1.54, 1.807) is 12.1 Å². The number of nitrogens with one attached hydrogen (secondary N) is 1. The molecule has 0 bridgehead atoms. The zero-order valence-corrected chi connectivity index (χ0v) is 14.1. The van der Waals surface area contributed by atoms with Crippen LogP contribution in [0.2, 0.25) is 0 Å². The number of nitrogens with zero attached hydrogens (tertiary/aromatic N) is 2. The monoisotopic (exact) mass is 343 g/mol. The molecule has 132 valence electrons. The lowest BCUT2D eigenvalue weighted by molar-refractivity contribution is -0.123. The molecule has 2 fully saturated rings. The number of rotatable bonds is 5. The zero-order chi connectivity index (χ0) is 17.3. The minimum absolute atomic E-state index is 0.140. The molecule has 1 aromatic carbocycles. The topological polar surface area (TPSA) is 68.0 Å². The summed E-state index contributed by atoms with van der Waals surface area (Å²) in [6.07, 6.45) is 7.13. The molecule has 6 heteroatoms. The fourth-order valence-electron chi connectivity index (χ4n) is 3.63. The second kappa shape index (κ2) is 6.58. The Balaban J connectivity index is 1.52. The Morgan fingerprint density at radius 3 is 2.80 bits per heavy atom. The van der Waals surface area contributed by atoms with Crippen molar-refractivity contribution in [3.05, 3.63) is 47.4 Å². The van der Waals surface area contributed by atoms with Gasteiger partial charge in [-0.15, -0.1) is 0 Å². The predicted octanol–water partition coefficient (Wildman–Crippen LogP) is 3.60. The van der Waals surface area contributed by atoms with Crippen LogP contribution < -0.4 is 5.32 Å². The van der Waals surface area contributed by atoms with Gasteiger partial charge < -0.3 is 9.84 Å². The first kappa shape index (κ1) is 16.2. The van der Waals surface area contributed by atoms with Gasteiger partial charge in [-0.1, -0.05) is 36.6 Å². The van der Waals surface area contributed by atoms with E-state index < -0.39 is 5.54 Å². The fraction of sp³-hybridized carbons (Fsp3) is 0.526. The third-order valence-electron chi connectivity index (χ3n) is 5.13. The minimum atomic E-state index is -0.581. The third-order valence-corrected chi connectivity index (χ3v) is 5.13. The van der Waals surface area contributed by atoms with Gasteiger partial charge in [0.1, 0.15) is 11.4 Å². The maximum atomic E-state index is 13.3. The summed E-state index contributed by atoms with van der Waals surface area (Å²) in [6.45, 7) is 0. The van der Waals surface area contributed by atoms with E-state index in [-0.39, 0.29) is 18.1 Å². The molecule has 1 heterocycles. The van der Waals surface area contributed by atoms with Gasteiger partial charge in [0.15, 0.2) is 5.82 Å². The Kier molecular flexibility index (Phi) is 4.27. The number of halogens is 1. The molecule has 25 heavy (non-hydrogen) atoms. The number of carbonyl (C=O) groups is 1. The van der Waals surface area contributed by atoms with E-state index in [2.05, 4.69) is 15.5 Å². The van der Waals surface area contributed by atoms with Gasteiger partial charge in [0, 0.05) is 5.92 Å². The highest BCUT2D eigenvalue weighted by Crippen LogP contribution is 2.41. The molecule has 1 aromatic heterocycles. The highest BCUT2D eigenvalue weighted by molar-refractivity contribution is 5.79. The highest BCUT2D eigenvalue weighted by atomic mass is 19.1. The summed E-state index contributed by atoms with van der Waals surface area (Å²) in [6, 6.07) is 6.15. The van der Waals surface area contributed by atoms with Crippen molar-refractivity contribution in [2.75, 3.05) is 0 Å². The van der Waals surface area contributed by atoms with Crippen molar-refractivity contribution in [3.8, 4) is 0 Å². The molecule has 2 saturated carbocycles. The second-order valence-electron chi connectivity index (χ2n) is 7.23. The molecule has 0 saturated heterocycles. The average Bonchev–Trinajstić information content (AvgIpc) is 3.32. The van der Waals surface area contributed by atoms with Crippen LogP contribution in [0, 0.1) is 5.82 Å². The molecule has 0 spiro atoms. The van der Waals surface area contributed by atoms with Crippen molar-refractivity contribution >= 4 is 5.91 Å². The van der Waals surface area contributed by atoms with Crippen LogP contribution in [-0.2, 0) is 16.8 Å². The van der Waals surface area contributed by atoms with Crippen molar-refractivity contribution in [1.82, 2.24) is 15.5 Å². The number of amides is 1. The molecule has 2 aromatic rings. The Hall–Kier alpha value is -2.24. The van der Waals surface area contributed by atoms with E-state index in [0.717, 1.165) is 50.8 Å². The first-order valence-electron chi connectivity index (χ1n) is 9.04. The summed E-state index contributed by atoms with van der Waals surface area (Å²) in [5.41, 5.74) is 0.0793. The summed E-state index contributed by atoms with van der Waals surface area (Å²) in [5.74, 6) is 1.24. The molecular weight excluding hydrogens is 321 g/mol. The van der Waals surface area contributed by atoms with Gasteiger partial charge in [-0.05, 0) is 43.4 Å². The van der Waals surface area contributed by atoms with E-state index in [9.17, 15) is 9.18 Å². The Bertz CT molecular complexity index is 764. The molecule has 0 radical (unpaired) electrons. The van der Waals surface area contributed by atoms with Crippen molar-refractivity contribution in [2.45, 2.75) is 62.8 Å². The second-order valence-corrected chi connectivity index (χ2v) is 7.23. The van der Waals surface area contributed by atoms with Gasteiger partial charge in [-0.3, -0.25) is 4.79 Å². The molecule has 0 aliphatic heterocycles. The van der Waals surface area contributed by atoms with Crippen molar-refractivity contribution in [1.29, 1.82) is 0 Å². The van der Waals surface area contributed by atoms with Gasteiger partial charge in [-0.2, -0.15) is 4.98 Å². The van der Waals surface area contributed by atoms with E-state index in [0.29, 0.717) is 17.4 Å². The molecule has 2 aliphatic rings. The zero-order valence-electron chi connectivity index (χ0n) is 14.1. The number of aromatic nitrogens is 2. The summed E-state index contributed by atoms with van der Waals surface area (Å²) in [5, 5.41) is 7.25. The number of hydrogen-bond acceptors (Lipinski definition) is 4. The lowest BCUT2D eigenvalue weighted by atomic mass is 9.81. The van der Waals surface area contributed by atoms with E-state index >= 15 is 0 Å². The standard InChI is InChI=1S/C19H22FN3O2/c20-15-6-4-5-13(11-15)12-16(24)22-19(9-2-1-3-10-19)18-21-17(23-25-18)14-7-8-14/h4-6,11,14H,1-3,7-10,12H2,(H,22,24). The van der Waals surface area contributed by atoms with Crippen LogP contribution in [0.1, 0.15) is 68.1 Å². The van der Waals surface area contributed by atoms with Crippen LogP contribution in [0.5, 0.6) is 0 Å². The summed E-state index contributed by atoms with van der Waals surface area (Å²) >= 11 is 0. The minimum Gasteiger partial charge on any atom is -0.341 e. The maximum absolute atomic E-state index is 13.3. The van der Waals surface area contributed by atoms with Gasteiger partial charge in [0.25, 0.3) is 5.89 Å². The number of hydrogen-bond donors (Lipinski definition) is 1. The van der Waals surface area contributed by atoms with Crippen molar-refractivity contribution in [2.24, 2.45) is 0 Å². The van der Waals surface area contributed by atoms with Crippen LogP contribution in [-0.4, -0.2) is 16.0 Å². The largest absolute Gasteiger partial charge is 0.341 e. The van der Waals surface area contributed by atoms with Crippen LogP contribution in [0.25, 0.3) is 0 Å². The first-order valence-corrected chi connectivity index (χ1v) is 9.04. The fourth-order valence-corrected chi connectivity index (χ4v) is 3.63. The number of benzene rings is 1.